The smallest absolute Gasteiger partial charge is 0.256 e. The molecular formula is C17H26ClN3O. The third kappa shape index (κ3) is 3.08. The van der Waals surface area contributed by atoms with Crippen molar-refractivity contribution in [3.05, 3.63) is 28.8 Å². The van der Waals surface area contributed by atoms with E-state index in [1.165, 1.54) is 5.56 Å². The van der Waals surface area contributed by atoms with Crippen LogP contribution in [0.5, 0.6) is 0 Å². The molecule has 1 aromatic carbocycles. The molecule has 2 rings (SSSR count). The number of hydrazine groups is 1. The van der Waals surface area contributed by atoms with Gasteiger partial charge in [-0.15, -0.1) is 0 Å². The van der Waals surface area contributed by atoms with Crippen molar-refractivity contribution in [2.24, 2.45) is 5.84 Å². The number of nitrogens with two attached hydrogens (primary N) is 1. The standard InChI is InChI=1S/C17H26ClN3O/c1-5-6-15(16(22)20-19)21-14-8-7-12(18)9-13(14)11(2)10-17(21,3)4/h7-9,11,15H,5-6,10,19H2,1-4H3,(H,20,22). The van der Waals surface area contributed by atoms with Gasteiger partial charge < -0.3 is 4.90 Å². The maximum absolute atomic E-state index is 12.3. The molecule has 0 saturated heterocycles. The first-order valence-electron chi connectivity index (χ1n) is 7.91. The molecule has 1 heterocycles. The molecule has 0 aliphatic carbocycles. The van der Waals surface area contributed by atoms with E-state index in [9.17, 15) is 4.79 Å². The van der Waals surface area contributed by atoms with Gasteiger partial charge >= 0.3 is 0 Å². The molecule has 1 aromatic rings. The summed E-state index contributed by atoms with van der Waals surface area (Å²) in [6.45, 7) is 8.67. The maximum atomic E-state index is 12.3. The number of hydrogen-bond donors (Lipinski definition) is 2. The highest BCUT2D eigenvalue weighted by Crippen LogP contribution is 2.45. The zero-order valence-electron chi connectivity index (χ0n) is 13.8. The van der Waals surface area contributed by atoms with Crippen LogP contribution < -0.4 is 16.2 Å². The van der Waals surface area contributed by atoms with Gasteiger partial charge in [-0.05, 0) is 56.4 Å². The fourth-order valence-electron chi connectivity index (χ4n) is 3.76. The van der Waals surface area contributed by atoms with Crippen molar-refractivity contribution in [1.29, 1.82) is 0 Å². The molecule has 1 aliphatic rings. The van der Waals surface area contributed by atoms with Crippen molar-refractivity contribution >= 4 is 23.2 Å². The number of amides is 1. The second-order valence-electron chi connectivity index (χ2n) is 6.80. The summed E-state index contributed by atoms with van der Waals surface area (Å²) >= 11 is 6.17. The number of anilines is 1. The van der Waals surface area contributed by atoms with Crippen molar-refractivity contribution in [3.63, 3.8) is 0 Å². The molecule has 5 heteroatoms. The van der Waals surface area contributed by atoms with Crippen LogP contribution in [0.3, 0.4) is 0 Å². The number of nitrogens with one attached hydrogen (secondary N) is 1. The molecule has 122 valence electrons. The lowest BCUT2D eigenvalue weighted by Gasteiger charge is -2.50. The van der Waals surface area contributed by atoms with Crippen LogP contribution in [-0.2, 0) is 4.79 Å². The van der Waals surface area contributed by atoms with Gasteiger partial charge in [0.05, 0.1) is 0 Å². The van der Waals surface area contributed by atoms with Gasteiger partial charge in [-0.1, -0.05) is 31.9 Å². The Morgan fingerprint density at radius 3 is 2.82 bits per heavy atom. The predicted octanol–water partition coefficient (Wildman–Crippen LogP) is 3.59. The van der Waals surface area contributed by atoms with E-state index in [1.54, 1.807) is 0 Å². The van der Waals surface area contributed by atoms with Crippen LogP contribution in [0.15, 0.2) is 18.2 Å². The highest BCUT2D eigenvalue weighted by Gasteiger charge is 2.41. The lowest BCUT2D eigenvalue weighted by atomic mass is 9.78. The molecule has 0 bridgehead atoms. The Hall–Kier alpha value is -1.26. The second-order valence-corrected chi connectivity index (χ2v) is 7.24. The Balaban J connectivity index is 2.56. The largest absolute Gasteiger partial charge is 0.354 e. The summed E-state index contributed by atoms with van der Waals surface area (Å²) in [6, 6.07) is 5.68. The molecule has 0 spiro atoms. The first kappa shape index (κ1) is 17.1. The monoisotopic (exact) mass is 323 g/mol. The van der Waals surface area contributed by atoms with Gasteiger partial charge in [0.15, 0.2) is 0 Å². The van der Waals surface area contributed by atoms with Crippen LogP contribution in [0.1, 0.15) is 58.4 Å². The van der Waals surface area contributed by atoms with Crippen LogP contribution in [0.2, 0.25) is 5.02 Å². The van der Waals surface area contributed by atoms with Gasteiger partial charge in [0.25, 0.3) is 5.91 Å². The molecule has 1 amide bonds. The fraction of sp³-hybridized carbons (Fsp3) is 0.588. The van der Waals surface area contributed by atoms with E-state index in [0.717, 1.165) is 30.0 Å². The fourth-order valence-corrected chi connectivity index (χ4v) is 3.94. The van der Waals surface area contributed by atoms with Crippen LogP contribution in [0.4, 0.5) is 5.69 Å². The quantitative estimate of drug-likeness (QED) is 0.506. The minimum atomic E-state index is -0.266. The van der Waals surface area contributed by atoms with E-state index >= 15 is 0 Å². The third-order valence-electron chi connectivity index (χ3n) is 4.56. The molecule has 0 fully saturated rings. The predicted molar refractivity (Wildman–Crippen MR) is 92.1 cm³/mol. The van der Waals surface area contributed by atoms with E-state index in [1.807, 2.05) is 18.2 Å². The number of nitrogens with zero attached hydrogens (tertiary/aromatic N) is 1. The van der Waals surface area contributed by atoms with Crippen LogP contribution in [-0.4, -0.2) is 17.5 Å². The zero-order chi connectivity index (χ0) is 16.5. The summed E-state index contributed by atoms with van der Waals surface area (Å²) in [5.74, 6) is 5.69. The number of halogens is 1. The van der Waals surface area contributed by atoms with Crippen molar-refractivity contribution < 1.29 is 4.79 Å². The van der Waals surface area contributed by atoms with Crippen LogP contribution >= 0.6 is 11.6 Å². The van der Waals surface area contributed by atoms with Crippen molar-refractivity contribution in [2.45, 2.75) is 64.5 Å². The summed E-state index contributed by atoms with van der Waals surface area (Å²) in [6.07, 6.45) is 2.66. The lowest BCUT2D eigenvalue weighted by molar-refractivity contribution is -0.123. The number of fused-ring (bicyclic) bond motifs is 1. The van der Waals surface area contributed by atoms with Gasteiger partial charge in [0.1, 0.15) is 6.04 Å². The van der Waals surface area contributed by atoms with Gasteiger partial charge in [0.2, 0.25) is 0 Å². The Kier molecular flexibility index (Phi) is 5.03. The third-order valence-corrected chi connectivity index (χ3v) is 4.79. The lowest BCUT2D eigenvalue weighted by Crippen LogP contribution is -2.59. The van der Waals surface area contributed by atoms with Gasteiger partial charge in [-0.25, -0.2) is 5.84 Å². The van der Waals surface area contributed by atoms with E-state index in [0.29, 0.717) is 5.92 Å². The summed E-state index contributed by atoms with van der Waals surface area (Å²) in [7, 11) is 0. The Morgan fingerprint density at radius 2 is 2.23 bits per heavy atom. The summed E-state index contributed by atoms with van der Waals surface area (Å²) in [4.78, 5) is 14.6. The number of carbonyl (C=O) groups is 1. The zero-order valence-corrected chi connectivity index (χ0v) is 14.6. The number of benzene rings is 1. The van der Waals surface area contributed by atoms with Crippen LogP contribution in [0.25, 0.3) is 0 Å². The molecule has 2 atom stereocenters. The van der Waals surface area contributed by atoms with E-state index in [-0.39, 0.29) is 17.5 Å². The number of carbonyl (C=O) groups excluding carboxylic acids is 1. The van der Waals surface area contributed by atoms with Crippen LogP contribution in [0, 0.1) is 0 Å². The Bertz CT molecular complexity index is 559. The Morgan fingerprint density at radius 1 is 1.55 bits per heavy atom. The number of rotatable bonds is 4. The van der Waals surface area contributed by atoms with E-state index in [4.69, 9.17) is 17.4 Å². The molecule has 0 aromatic heterocycles. The normalized spacial score (nSPS) is 21.2. The van der Waals surface area contributed by atoms with Gasteiger partial charge in [0, 0.05) is 16.2 Å². The van der Waals surface area contributed by atoms with Crippen molar-refractivity contribution in [2.75, 3.05) is 4.90 Å². The highest BCUT2D eigenvalue weighted by atomic mass is 35.5. The first-order valence-corrected chi connectivity index (χ1v) is 8.29. The summed E-state index contributed by atoms with van der Waals surface area (Å²) in [5.41, 5.74) is 4.51. The summed E-state index contributed by atoms with van der Waals surface area (Å²) in [5, 5.41) is 0.737. The van der Waals surface area contributed by atoms with E-state index in [2.05, 4.69) is 38.0 Å². The summed E-state index contributed by atoms with van der Waals surface area (Å²) < 4.78 is 0. The molecule has 2 unspecified atom stereocenters. The topological polar surface area (TPSA) is 58.4 Å². The first-order chi connectivity index (χ1) is 10.3. The average Bonchev–Trinajstić information content (AvgIpc) is 2.45. The molecule has 0 saturated carbocycles. The molecular weight excluding hydrogens is 298 g/mol. The number of hydrogen-bond acceptors (Lipinski definition) is 3. The molecule has 3 N–H and O–H groups in total. The molecule has 4 nitrogen and oxygen atoms in total. The second kappa shape index (κ2) is 6.47. The minimum Gasteiger partial charge on any atom is -0.354 e. The molecule has 0 radical (unpaired) electrons. The Labute approximate surface area is 138 Å². The van der Waals surface area contributed by atoms with Gasteiger partial charge in [-0.2, -0.15) is 0 Å². The van der Waals surface area contributed by atoms with Crippen molar-refractivity contribution in [3.8, 4) is 0 Å². The minimum absolute atomic E-state index is 0.118. The maximum Gasteiger partial charge on any atom is 0.256 e. The average molecular weight is 324 g/mol. The SMILES string of the molecule is CCCC(C(=O)NN)N1c2ccc(Cl)cc2C(C)CC1(C)C. The van der Waals surface area contributed by atoms with Crippen molar-refractivity contribution in [1.82, 2.24) is 5.43 Å². The van der Waals surface area contributed by atoms with Gasteiger partial charge in [-0.3, -0.25) is 10.2 Å². The molecule has 22 heavy (non-hydrogen) atoms. The highest BCUT2D eigenvalue weighted by molar-refractivity contribution is 6.30. The molecule has 1 aliphatic heterocycles. The van der Waals surface area contributed by atoms with E-state index < -0.39 is 0 Å².